The van der Waals surface area contributed by atoms with Crippen LogP contribution in [0.2, 0.25) is 10.0 Å². The number of aryl methyl sites for hydroxylation is 1. The largest absolute Gasteiger partial charge is 0.489 e. The van der Waals surface area contributed by atoms with Gasteiger partial charge in [-0.25, -0.2) is 4.79 Å². The topological polar surface area (TPSA) is 112 Å². The lowest BCUT2D eigenvalue weighted by Gasteiger charge is -2.14. The molecule has 1 saturated carbocycles. The Morgan fingerprint density at radius 2 is 1.93 bits per heavy atom. The first-order valence-corrected chi connectivity index (χ1v) is 14.2. The van der Waals surface area contributed by atoms with Gasteiger partial charge in [0.1, 0.15) is 23.8 Å². The molecule has 212 valence electrons. The minimum absolute atomic E-state index is 0.0129. The monoisotopic (exact) mass is 594 g/mol. The molecule has 0 bridgehead atoms. The summed E-state index contributed by atoms with van der Waals surface area (Å²) in [6.07, 6.45) is 2.16. The third kappa shape index (κ3) is 5.31. The van der Waals surface area contributed by atoms with Crippen molar-refractivity contribution in [1.29, 1.82) is 0 Å². The number of benzene rings is 2. The highest BCUT2D eigenvalue weighted by molar-refractivity contribution is 6.39. The van der Waals surface area contributed by atoms with Crippen molar-refractivity contribution in [2.75, 3.05) is 0 Å². The summed E-state index contributed by atoms with van der Waals surface area (Å²) in [5.41, 5.74) is 5.44. The summed E-state index contributed by atoms with van der Waals surface area (Å²) in [6.45, 7) is 6.13. The van der Waals surface area contributed by atoms with Gasteiger partial charge in [-0.2, -0.15) is 5.10 Å². The zero-order chi connectivity index (χ0) is 28.8. The van der Waals surface area contributed by atoms with E-state index < -0.39 is 12.1 Å². The number of rotatable bonds is 9. The number of ether oxygens (including phenoxy) is 1. The molecule has 11 heteroatoms. The van der Waals surface area contributed by atoms with Crippen LogP contribution in [0.4, 0.5) is 0 Å². The molecule has 41 heavy (non-hydrogen) atoms. The lowest BCUT2D eigenvalue weighted by Crippen LogP contribution is -2.12. The zero-order valence-electron chi connectivity index (χ0n) is 22.7. The van der Waals surface area contributed by atoms with Crippen LogP contribution >= 0.6 is 23.2 Å². The molecule has 1 atom stereocenters. The first-order valence-electron chi connectivity index (χ1n) is 13.4. The maximum atomic E-state index is 11.5. The molecule has 1 aliphatic heterocycles. The fourth-order valence-electron chi connectivity index (χ4n) is 5.12. The van der Waals surface area contributed by atoms with Gasteiger partial charge in [-0.15, -0.1) is 0 Å². The Kier molecular flexibility index (Phi) is 7.25. The lowest BCUT2D eigenvalue weighted by molar-refractivity contribution is 0.0689. The Morgan fingerprint density at radius 3 is 2.59 bits per heavy atom. The molecule has 2 aromatic heterocycles. The molecule has 1 aliphatic carbocycles. The van der Waals surface area contributed by atoms with E-state index in [-0.39, 0.29) is 18.3 Å². The van der Waals surface area contributed by atoms with E-state index in [0.717, 1.165) is 41.0 Å². The van der Waals surface area contributed by atoms with Gasteiger partial charge in [0.2, 0.25) is 0 Å². The molecule has 9 nitrogen and oxygen atoms in total. The Bertz CT molecular complexity index is 1650. The second-order valence-electron chi connectivity index (χ2n) is 10.6. The number of carboxylic acid groups (broad SMARTS) is 1. The van der Waals surface area contributed by atoms with Crippen LogP contribution < -0.4 is 4.74 Å². The standard InChI is InChI=1S/C30H28Cl2N4O5/c1-15(2)36-25(12-24(33-36)30(37)38)26-13-23(34-40-26)19-10-9-18(11-16(19)3)39-14-20-28(35-41-29(20)17-7-8-17)27-21(31)5-4-6-22(27)32/h4-6,9-12,15,17,26H,7-8,13-14H2,1-3H3,(H,37,38). The van der Waals surface area contributed by atoms with Gasteiger partial charge in [0, 0.05) is 29.5 Å². The molecule has 4 aromatic rings. The molecule has 0 spiro atoms. The lowest BCUT2D eigenvalue weighted by atomic mass is 9.99. The number of aromatic nitrogens is 3. The Balaban J connectivity index is 1.20. The Labute approximate surface area is 246 Å². The van der Waals surface area contributed by atoms with Crippen LogP contribution in [-0.2, 0) is 11.4 Å². The maximum Gasteiger partial charge on any atom is 0.356 e. The van der Waals surface area contributed by atoms with Crippen molar-refractivity contribution < 1.29 is 24.0 Å². The van der Waals surface area contributed by atoms with Crippen LogP contribution in [0.1, 0.15) is 89.8 Å². The number of carboxylic acids is 1. The average molecular weight is 595 g/mol. The SMILES string of the molecule is Cc1cc(OCc2c(-c3c(Cl)cccc3Cl)noc2C2CC2)ccc1C1=NOC(c2cc(C(=O)O)nn2C(C)C)C1. The maximum absolute atomic E-state index is 11.5. The number of nitrogens with zero attached hydrogens (tertiary/aromatic N) is 4. The highest BCUT2D eigenvalue weighted by atomic mass is 35.5. The minimum Gasteiger partial charge on any atom is -0.489 e. The fraction of sp³-hybridized carbons (Fsp3) is 0.333. The number of carbonyl (C=O) groups is 1. The smallest absolute Gasteiger partial charge is 0.356 e. The van der Waals surface area contributed by atoms with Crippen LogP contribution in [0.15, 0.2) is 52.1 Å². The predicted molar refractivity (Wildman–Crippen MR) is 154 cm³/mol. The molecule has 0 radical (unpaired) electrons. The van der Waals surface area contributed by atoms with Gasteiger partial charge in [-0.1, -0.05) is 39.6 Å². The van der Waals surface area contributed by atoms with E-state index in [2.05, 4.69) is 15.4 Å². The fourth-order valence-corrected chi connectivity index (χ4v) is 5.69. The molecule has 3 heterocycles. The summed E-state index contributed by atoms with van der Waals surface area (Å²) in [5, 5.41) is 23.3. The summed E-state index contributed by atoms with van der Waals surface area (Å²) in [4.78, 5) is 17.2. The van der Waals surface area contributed by atoms with Crippen LogP contribution in [-0.4, -0.2) is 31.7 Å². The van der Waals surface area contributed by atoms with E-state index >= 15 is 0 Å². The quantitative estimate of drug-likeness (QED) is 0.211. The summed E-state index contributed by atoms with van der Waals surface area (Å²) < 4.78 is 13.7. The van der Waals surface area contributed by atoms with E-state index in [1.807, 2.05) is 39.0 Å². The minimum atomic E-state index is -1.08. The van der Waals surface area contributed by atoms with Crippen molar-refractivity contribution in [3.05, 3.63) is 86.3 Å². The molecule has 0 saturated heterocycles. The van der Waals surface area contributed by atoms with Gasteiger partial charge in [0.25, 0.3) is 0 Å². The molecular weight excluding hydrogens is 567 g/mol. The predicted octanol–water partition coefficient (Wildman–Crippen LogP) is 7.75. The van der Waals surface area contributed by atoms with Crippen LogP contribution in [0.25, 0.3) is 11.3 Å². The van der Waals surface area contributed by atoms with Gasteiger partial charge in [-0.3, -0.25) is 4.68 Å². The van der Waals surface area contributed by atoms with Crippen molar-refractivity contribution in [1.82, 2.24) is 14.9 Å². The molecular formula is C30H28Cl2N4O5. The van der Waals surface area contributed by atoms with Crippen molar-refractivity contribution in [3.8, 4) is 17.0 Å². The molecule has 1 unspecified atom stereocenters. The van der Waals surface area contributed by atoms with Crippen molar-refractivity contribution in [2.24, 2.45) is 5.16 Å². The molecule has 2 aromatic carbocycles. The normalized spacial score (nSPS) is 16.6. The van der Waals surface area contributed by atoms with E-state index in [1.165, 1.54) is 0 Å². The summed E-state index contributed by atoms with van der Waals surface area (Å²) in [7, 11) is 0. The Morgan fingerprint density at radius 1 is 1.17 bits per heavy atom. The first-order chi connectivity index (χ1) is 19.7. The second kappa shape index (κ2) is 10.9. The number of hydrogen-bond donors (Lipinski definition) is 1. The van der Waals surface area contributed by atoms with E-state index in [4.69, 9.17) is 37.3 Å². The van der Waals surface area contributed by atoms with E-state index in [1.54, 1.807) is 28.9 Å². The van der Waals surface area contributed by atoms with E-state index in [0.29, 0.717) is 45.1 Å². The summed E-state index contributed by atoms with van der Waals surface area (Å²) >= 11 is 13.0. The zero-order valence-corrected chi connectivity index (χ0v) is 24.2. The van der Waals surface area contributed by atoms with Crippen molar-refractivity contribution >= 4 is 34.9 Å². The number of hydrogen-bond acceptors (Lipinski definition) is 7. The van der Waals surface area contributed by atoms with Gasteiger partial charge in [0.05, 0.1) is 27.0 Å². The van der Waals surface area contributed by atoms with Crippen LogP contribution in [0, 0.1) is 6.92 Å². The van der Waals surface area contributed by atoms with E-state index in [9.17, 15) is 9.90 Å². The number of aromatic carboxylic acids is 1. The van der Waals surface area contributed by atoms with Gasteiger partial charge >= 0.3 is 5.97 Å². The summed E-state index contributed by atoms with van der Waals surface area (Å²) in [5.74, 6) is 0.755. The third-order valence-electron chi connectivity index (χ3n) is 7.33. The number of oxime groups is 1. The molecule has 0 amide bonds. The summed E-state index contributed by atoms with van der Waals surface area (Å²) in [6, 6.07) is 12.7. The van der Waals surface area contributed by atoms with Crippen molar-refractivity contribution in [3.63, 3.8) is 0 Å². The van der Waals surface area contributed by atoms with Gasteiger partial charge in [-0.05, 0) is 75.6 Å². The highest BCUT2D eigenvalue weighted by Crippen LogP contribution is 2.46. The van der Waals surface area contributed by atoms with Crippen molar-refractivity contribution in [2.45, 2.75) is 64.7 Å². The number of halogens is 2. The average Bonchev–Trinajstić information content (AvgIpc) is 3.32. The second-order valence-corrected chi connectivity index (χ2v) is 11.5. The van der Waals surface area contributed by atoms with Crippen LogP contribution in [0.5, 0.6) is 5.75 Å². The van der Waals surface area contributed by atoms with Crippen LogP contribution in [0.3, 0.4) is 0 Å². The van der Waals surface area contributed by atoms with Gasteiger partial charge in [0.15, 0.2) is 11.8 Å². The first kappa shape index (κ1) is 27.4. The molecule has 1 N–H and O–H groups in total. The molecule has 1 fully saturated rings. The Hall–Kier alpha value is -3.82. The highest BCUT2D eigenvalue weighted by Gasteiger charge is 2.34. The molecule has 2 aliphatic rings. The molecule has 6 rings (SSSR count). The van der Waals surface area contributed by atoms with Gasteiger partial charge < -0.3 is 19.2 Å². The third-order valence-corrected chi connectivity index (χ3v) is 7.96.